The lowest BCUT2D eigenvalue weighted by Crippen LogP contribution is -2.25. The molecule has 8 heteroatoms. The Morgan fingerprint density at radius 1 is 1.33 bits per heavy atom. The molecule has 0 aliphatic rings. The predicted molar refractivity (Wildman–Crippen MR) is 91.8 cm³/mol. The summed E-state index contributed by atoms with van der Waals surface area (Å²) in [6.07, 6.45) is 5.30. The van der Waals surface area contributed by atoms with Crippen LogP contribution in [0.1, 0.15) is 15.9 Å². The minimum absolute atomic E-state index is 0.0733. The lowest BCUT2D eigenvalue weighted by atomic mass is 10.1. The Balaban J connectivity index is 1.50. The molecule has 24 heavy (non-hydrogen) atoms. The number of carbonyl (C=O) groups is 1. The molecule has 1 N–H and O–H groups in total. The molecule has 3 aromatic rings. The van der Waals surface area contributed by atoms with Crippen molar-refractivity contribution in [3.63, 3.8) is 0 Å². The summed E-state index contributed by atoms with van der Waals surface area (Å²) < 4.78 is 3.68. The highest BCUT2D eigenvalue weighted by Crippen LogP contribution is 2.12. The fraction of sp³-hybridized carbons (Fsp3) is 0.250. The van der Waals surface area contributed by atoms with Crippen molar-refractivity contribution >= 4 is 17.7 Å². The number of carbonyl (C=O) groups excluding carboxylic acids is 1. The Labute approximate surface area is 144 Å². The summed E-state index contributed by atoms with van der Waals surface area (Å²) in [6, 6.07) is 9.47. The monoisotopic (exact) mass is 342 g/mol. The maximum atomic E-state index is 12.3. The van der Waals surface area contributed by atoms with Crippen molar-refractivity contribution in [2.24, 2.45) is 7.05 Å². The van der Waals surface area contributed by atoms with Gasteiger partial charge < -0.3 is 9.88 Å². The maximum Gasteiger partial charge on any atom is 0.251 e. The van der Waals surface area contributed by atoms with Crippen molar-refractivity contribution in [3.05, 3.63) is 60.2 Å². The molecular weight excluding hydrogens is 324 g/mol. The molecule has 0 saturated carbocycles. The van der Waals surface area contributed by atoms with Gasteiger partial charge in [0.2, 0.25) is 0 Å². The third-order valence-corrected chi connectivity index (χ3v) is 4.42. The van der Waals surface area contributed by atoms with Gasteiger partial charge in [0, 0.05) is 37.3 Å². The summed E-state index contributed by atoms with van der Waals surface area (Å²) in [5.41, 5.74) is 1.70. The van der Waals surface area contributed by atoms with Crippen molar-refractivity contribution in [3.8, 4) is 0 Å². The first kappa shape index (κ1) is 16.3. The van der Waals surface area contributed by atoms with Gasteiger partial charge in [0.15, 0.2) is 5.16 Å². The van der Waals surface area contributed by atoms with Gasteiger partial charge >= 0.3 is 0 Å². The van der Waals surface area contributed by atoms with Crippen LogP contribution < -0.4 is 5.32 Å². The Bertz CT molecular complexity index is 799. The Hall–Kier alpha value is -2.61. The van der Waals surface area contributed by atoms with E-state index in [0.29, 0.717) is 18.7 Å². The highest BCUT2D eigenvalue weighted by Gasteiger charge is 2.07. The minimum atomic E-state index is -0.0733. The minimum Gasteiger partial charge on any atom is -0.351 e. The van der Waals surface area contributed by atoms with E-state index in [-0.39, 0.29) is 5.91 Å². The SMILES string of the molecule is Cn1cnnc1SCCNC(=O)c1cccc(Cn2cccn2)c1. The Morgan fingerprint density at radius 2 is 2.25 bits per heavy atom. The standard InChI is InChI=1S/C16H18N6OS/c1-21-12-18-20-16(21)24-9-7-17-15(23)14-5-2-4-13(10-14)11-22-8-3-6-19-22/h2-6,8,10,12H,7,9,11H2,1H3,(H,17,23). The number of aromatic nitrogens is 5. The average Bonchev–Trinajstić information content (AvgIpc) is 3.24. The molecular formula is C16H18N6OS. The number of benzene rings is 1. The summed E-state index contributed by atoms with van der Waals surface area (Å²) in [4.78, 5) is 12.3. The summed E-state index contributed by atoms with van der Waals surface area (Å²) in [5, 5.41) is 15.8. The third kappa shape index (κ3) is 4.23. The van der Waals surface area contributed by atoms with Gasteiger partial charge in [0.05, 0.1) is 6.54 Å². The molecule has 0 fully saturated rings. The van der Waals surface area contributed by atoms with E-state index in [1.165, 1.54) is 0 Å². The second-order valence-corrected chi connectivity index (χ2v) is 6.29. The molecule has 0 aliphatic carbocycles. The van der Waals surface area contributed by atoms with Crippen LogP contribution in [0.5, 0.6) is 0 Å². The number of nitrogens with zero attached hydrogens (tertiary/aromatic N) is 5. The fourth-order valence-electron chi connectivity index (χ4n) is 2.20. The molecule has 0 radical (unpaired) electrons. The van der Waals surface area contributed by atoms with E-state index in [1.807, 2.05) is 52.8 Å². The molecule has 3 rings (SSSR count). The van der Waals surface area contributed by atoms with Crippen LogP contribution in [0.3, 0.4) is 0 Å². The third-order valence-electron chi connectivity index (χ3n) is 3.38. The van der Waals surface area contributed by atoms with E-state index < -0.39 is 0 Å². The van der Waals surface area contributed by atoms with Crippen molar-refractivity contribution in [2.75, 3.05) is 12.3 Å². The lowest BCUT2D eigenvalue weighted by Gasteiger charge is -2.07. The van der Waals surface area contributed by atoms with E-state index in [2.05, 4.69) is 20.6 Å². The molecule has 0 bridgehead atoms. The number of aryl methyl sites for hydroxylation is 1. The van der Waals surface area contributed by atoms with E-state index in [1.54, 1.807) is 24.3 Å². The summed E-state index contributed by atoms with van der Waals surface area (Å²) >= 11 is 1.56. The van der Waals surface area contributed by atoms with E-state index in [9.17, 15) is 4.79 Å². The number of hydrogen-bond donors (Lipinski definition) is 1. The van der Waals surface area contributed by atoms with Crippen LogP contribution in [0.25, 0.3) is 0 Å². The van der Waals surface area contributed by atoms with Gasteiger partial charge in [-0.1, -0.05) is 23.9 Å². The van der Waals surface area contributed by atoms with Crippen LogP contribution in [0.2, 0.25) is 0 Å². The molecule has 2 heterocycles. The number of hydrogen-bond acceptors (Lipinski definition) is 5. The van der Waals surface area contributed by atoms with Crippen LogP contribution in [0, 0.1) is 0 Å². The fourth-order valence-corrected chi connectivity index (χ4v) is 2.95. The Morgan fingerprint density at radius 3 is 3.00 bits per heavy atom. The van der Waals surface area contributed by atoms with Gasteiger partial charge in [0.25, 0.3) is 5.91 Å². The number of thioether (sulfide) groups is 1. The molecule has 124 valence electrons. The molecule has 1 aromatic carbocycles. The smallest absolute Gasteiger partial charge is 0.251 e. The van der Waals surface area contributed by atoms with Crippen LogP contribution >= 0.6 is 11.8 Å². The first-order valence-corrected chi connectivity index (χ1v) is 8.52. The van der Waals surface area contributed by atoms with E-state index in [4.69, 9.17) is 0 Å². The van der Waals surface area contributed by atoms with Gasteiger partial charge in [-0.25, -0.2) is 0 Å². The first-order chi connectivity index (χ1) is 11.7. The molecule has 0 aliphatic heterocycles. The molecule has 0 atom stereocenters. The van der Waals surface area contributed by atoms with Crippen molar-refractivity contribution in [1.29, 1.82) is 0 Å². The van der Waals surface area contributed by atoms with Gasteiger partial charge in [-0.15, -0.1) is 10.2 Å². The second-order valence-electron chi connectivity index (χ2n) is 5.23. The van der Waals surface area contributed by atoms with Crippen molar-refractivity contribution in [1.82, 2.24) is 29.9 Å². The summed E-state index contributed by atoms with van der Waals surface area (Å²) in [7, 11) is 1.89. The average molecular weight is 342 g/mol. The molecule has 0 saturated heterocycles. The van der Waals surface area contributed by atoms with Gasteiger partial charge in [0.1, 0.15) is 6.33 Å². The van der Waals surface area contributed by atoms with Gasteiger partial charge in [-0.2, -0.15) is 5.10 Å². The number of amides is 1. The Kier molecular flexibility index (Phi) is 5.27. The molecule has 7 nitrogen and oxygen atoms in total. The normalized spacial score (nSPS) is 10.7. The molecule has 2 aromatic heterocycles. The van der Waals surface area contributed by atoms with Crippen molar-refractivity contribution in [2.45, 2.75) is 11.7 Å². The topological polar surface area (TPSA) is 77.6 Å². The van der Waals surface area contributed by atoms with Crippen molar-refractivity contribution < 1.29 is 4.79 Å². The molecule has 1 amide bonds. The highest BCUT2D eigenvalue weighted by molar-refractivity contribution is 7.99. The predicted octanol–water partition coefficient (Wildman–Crippen LogP) is 1.58. The zero-order valence-corrected chi connectivity index (χ0v) is 14.1. The number of nitrogens with one attached hydrogen (secondary N) is 1. The zero-order valence-electron chi connectivity index (χ0n) is 13.3. The summed E-state index contributed by atoms with van der Waals surface area (Å²) in [5.74, 6) is 0.668. The highest BCUT2D eigenvalue weighted by atomic mass is 32.2. The van der Waals surface area contributed by atoms with E-state index in [0.717, 1.165) is 16.5 Å². The van der Waals surface area contributed by atoms with Crippen LogP contribution in [0.15, 0.2) is 54.2 Å². The lowest BCUT2D eigenvalue weighted by molar-refractivity contribution is 0.0956. The van der Waals surface area contributed by atoms with Crippen LogP contribution in [0.4, 0.5) is 0 Å². The van der Waals surface area contributed by atoms with Gasteiger partial charge in [-0.3, -0.25) is 9.48 Å². The summed E-state index contributed by atoms with van der Waals surface area (Å²) in [6.45, 7) is 1.22. The molecule has 0 unspecified atom stereocenters. The first-order valence-electron chi connectivity index (χ1n) is 7.54. The van der Waals surface area contributed by atoms with Gasteiger partial charge in [-0.05, 0) is 23.8 Å². The number of rotatable bonds is 7. The molecule has 0 spiro atoms. The van der Waals surface area contributed by atoms with E-state index >= 15 is 0 Å². The quantitative estimate of drug-likeness (QED) is 0.521. The van der Waals surface area contributed by atoms with Crippen LogP contribution in [-0.4, -0.2) is 42.7 Å². The second kappa shape index (κ2) is 7.78. The zero-order chi connectivity index (χ0) is 16.8. The van der Waals surface area contributed by atoms with Crippen LogP contribution in [-0.2, 0) is 13.6 Å². The largest absolute Gasteiger partial charge is 0.351 e. The maximum absolute atomic E-state index is 12.3.